The van der Waals surface area contributed by atoms with Crippen LogP contribution in [0.25, 0.3) is 0 Å². The monoisotopic (exact) mass is 225 g/mol. The number of carbonyl (C=O) groups excluding carboxylic acids is 1. The van der Waals surface area contributed by atoms with Crippen LogP contribution < -0.4 is 0 Å². The summed E-state index contributed by atoms with van der Waals surface area (Å²) < 4.78 is 5.28. The van der Waals surface area contributed by atoms with Gasteiger partial charge < -0.3 is 4.74 Å². The molecule has 0 radical (unpaired) electrons. The lowest BCUT2D eigenvalue weighted by molar-refractivity contribution is -0.149. The highest BCUT2D eigenvalue weighted by atomic mass is 35.5. The van der Waals surface area contributed by atoms with Gasteiger partial charge in [0.25, 0.3) is 0 Å². The number of nitrogens with zero attached hydrogens (tertiary/aromatic N) is 1. The number of ether oxygens (including phenoxy) is 1. The summed E-state index contributed by atoms with van der Waals surface area (Å²) in [5.74, 6) is -0.186. The predicted molar refractivity (Wildman–Crippen MR) is 56.7 cm³/mol. The maximum atomic E-state index is 11.2. The maximum Gasteiger partial charge on any atom is 0.306 e. The molecule has 1 aliphatic rings. The van der Waals surface area contributed by atoms with Crippen LogP contribution in [0.2, 0.25) is 5.02 Å². The van der Waals surface area contributed by atoms with E-state index in [1.807, 2.05) is 0 Å². The fourth-order valence-electron chi connectivity index (χ4n) is 1.78. The summed E-state index contributed by atoms with van der Waals surface area (Å²) in [6.45, 7) is 1.78. The summed E-state index contributed by atoms with van der Waals surface area (Å²) in [4.78, 5) is 15.4. The van der Waals surface area contributed by atoms with Crippen molar-refractivity contribution in [2.24, 2.45) is 0 Å². The van der Waals surface area contributed by atoms with Crippen molar-refractivity contribution in [1.82, 2.24) is 4.98 Å². The number of carbonyl (C=O) groups is 1. The van der Waals surface area contributed by atoms with Crippen LogP contribution in [0.5, 0.6) is 0 Å². The molecule has 0 aliphatic heterocycles. The Bertz CT molecular complexity index is 392. The second-order valence-corrected chi connectivity index (χ2v) is 3.93. The summed E-state index contributed by atoms with van der Waals surface area (Å²) >= 11 is 6.02. The zero-order valence-corrected chi connectivity index (χ0v) is 9.25. The van der Waals surface area contributed by atoms with Crippen LogP contribution >= 0.6 is 11.6 Å². The largest absolute Gasteiger partial charge is 0.456 e. The van der Waals surface area contributed by atoms with Gasteiger partial charge in [0, 0.05) is 17.6 Å². The Morgan fingerprint density at radius 3 is 3.27 bits per heavy atom. The van der Waals surface area contributed by atoms with Gasteiger partial charge in [0.1, 0.15) is 6.10 Å². The van der Waals surface area contributed by atoms with Crippen molar-refractivity contribution < 1.29 is 9.53 Å². The Morgan fingerprint density at radius 2 is 2.53 bits per heavy atom. The second kappa shape index (κ2) is 4.19. The van der Waals surface area contributed by atoms with Crippen molar-refractivity contribution in [3.8, 4) is 0 Å². The summed E-state index contributed by atoms with van der Waals surface area (Å²) in [5, 5.41) is 0.718. The highest BCUT2D eigenvalue weighted by molar-refractivity contribution is 6.31. The Hall–Kier alpha value is -1.09. The van der Waals surface area contributed by atoms with Crippen molar-refractivity contribution in [3.05, 3.63) is 28.5 Å². The van der Waals surface area contributed by atoms with E-state index in [0.29, 0.717) is 6.42 Å². The van der Waals surface area contributed by atoms with Crippen LogP contribution in [0, 0.1) is 0 Å². The van der Waals surface area contributed by atoms with E-state index >= 15 is 0 Å². The van der Waals surface area contributed by atoms with Crippen LogP contribution in [-0.4, -0.2) is 11.0 Å². The molecule has 0 N–H and O–H groups in total. The Balaban J connectivity index is 2.21. The number of fused-ring (bicyclic) bond motifs is 1. The minimum absolute atomic E-state index is 0.186. The van der Waals surface area contributed by atoms with Gasteiger partial charge in [0.05, 0.1) is 5.69 Å². The van der Waals surface area contributed by atoms with Crippen molar-refractivity contribution in [2.45, 2.75) is 32.3 Å². The third-order valence-electron chi connectivity index (χ3n) is 2.56. The average molecular weight is 226 g/mol. The molecule has 0 bridgehead atoms. The van der Waals surface area contributed by atoms with E-state index < -0.39 is 0 Å². The van der Waals surface area contributed by atoms with Gasteiger partial charge in [0.15, 0.2) is 0 Å². The van der Waals surface area contributed by atoms with E-state index in [0.717, 1.165) is 29.1 Å². The van der Waals surface area contributed by atoms with E-state index in [4.69, 9.17) is 16.3 Å². The fourth-order valence-corrected chi connectivity index (χ4v) is 2.03. The molecule has 4 heteroatoms. The van der Waals surface area contributed by atoms with E-state index in [9.17, 15) is 4.79 Å². The molecule has 1 aliphatic carbocycles. The molecule has 0 fully saturated rings. The Morgan fingerprint density at radius 1 is 1.73 bits per heavy atom. The van der Waals surface area contributed by atoms with Crippen molar-refractivity contribution >= 4 is 17.6 Å². The minimum atomic E-state index is -0.203. The lowest BCUT2D eigenvalue weighted by Gasteiger charge is -2.11. The highest BCUT2D eigenvalue weighted by Gasteiger charge is 2.28. The zero-order chi connectivity index (χ0) is 10.8. The molecule has 0 spiro atoms. The molecule has 1 atom stereocenters. The number of aromatic nitrogens is 1. The molecule has 1 aromatic rings. The molecule has 2 rings (SSSR count). The molecule has 0 aromatic carbocycles. The van der Waals surface area contributed by atoms with Crippen LogP contribution in [-0.2, 0) is 16.0 Å². The number of rotatable bonds is 2. The first-order chi connectivity index (χ1) is 7.22. The normalized spacial score (nSPS) is 18.7. The second-order valence-electron chi connectivity index (χ2n) is 3.53. The first-order valence-electron chi connectivity index (χ1n) is 5.05. The fraction of sp³-hybridized carbons (Fsp3) is 0.455. The Kier molecular flexibility index (Phi) is 2.91. The van der Waals surface area contributed by atoms with Gasteiger partial charge in [0.2, 0.25) is 0 Å². The van der Waals surface area contributed by atoms with Crippen molar-refractivity contribution in [3.63, 3.8) is 0 Å². The van der Waals surface area contributed by atoms with Gasteiger partial charge in [-0.15, -0.1) is 0 Å². The number of pyridine rings is 1. The number of halogens is 1. The Labute approximate surface area is 93.4 Å². The SMILES string of the molecule is CCC(=O)OC1CCc2c(Cl)ccnc21. The van der Waals surface area contributed by atoms with Gasteiger partial charge in [-0.25, -0.2) is 0 Å². The molecule has 0 saturated carbocycles. The van der Waals surface area contributed by atoms with E-state index in [1.165, 1.54) is 0 Å². The van der Waals surface area contributed by atoms with Crippen molar-refractivity contribution in [1.29, 1.82) is 0 Å². The highest BCUT2D eigenvalue weighted by Crippen LogP contribution is 2.36. The third-order valence-corrected chi connectivity index (χ3v) is 2.91. The number of hydrogen-bond acceptors (Lipinski definition) is 3. The van der Waals surface area contributed by atoms with E-state index in [2.05, 4.69) is 4.98 Å². The molecule has 0 saturated heterocycles. The standard InChI is InChI=1S/C11H12ClNO2/c1-2-10(14)15-9-4-3-7-8(12)5-6-13-11(7)9/h5-6,9H,2-4H2,1H3. The molecular formula is C11H12ClNO2. The van der Waals surface area contributed by atoms with Crippen LogP contribution in [0.3, 0.4) is 0 Å². The van der Waals surface area contributed by atoms with Crippen LogP contribution in [0.4, 0.5) is 0 Å². The summed E-state index contributed by atoms with van der Waals surface area (Å²) in [5.41, 5.74) is 1.84. The lowest BCUT2D eigenvalue weighted by atomic mass is 10.2. The zero-order valence-electron chi connectivity index (χ0n) is 8.50. The maximum absolute atomic E-state index is 11.2. The van der Waals surface area contributed by atoms with Gasteiger partial charge in [-0.2, -0.15) is 0 Å². The van der Waals surface area contributed by atoms with Gasteiger partial charge in [-0.1, -0.05) is 18.5 Å². The van der Waals surface area contributed by atoms with Crippen LogP contribution in [0.1, 0.15) is 37.1 Å². The topological polar surface area (TPSA) is 39.2 Å². The summed E-state index contributed by atoms with van der Waals surface area (Å²) in [6.07, 6.45) is 3.47. The predicted octanol–water partition coefficient (Wildman–Crippen LogP) is 2.68. The molecular weight excluding hydrogens is 214 g/mol. The number of esters is 1. The van der Waals surface area contributed by atoms with E-state index in [-0.39, 0.29) is 12.1 Å². The van der Waals surface area contributed by atoms with Gasteiger partial charge in [-0.3, -0.25) is 9.78 Å². The average Bonchev–Trinajstić information content (AvgIpc) is 2.63. The van der Waals surface area contributed by atoms with Gasteiger partial charge in [-0.05, 0) is 24.5 Å². The molecule has 1 aromatic heterocycles. The first kappa shape index (κ1) is 10.4. The minimum Gasteiger partial charge on any atom is -0.456 e. The molecule has 15 heavy (non-hydrogen) atoms. The van der Waals surface area contributed by atoms with Gasteiger partial charge >= 0.3 is 5.97 Å². The molecule has 3 nitrogen and oxygen atoms in total. The summed E-state index contributed by atoms with van der Waals surface area (Å²) in [7, 11) is 0. The smallest absolute Gasteiger partial charge is 0.306 e. The van der Waals surface area contributed by atoms with Crippen molar-refractivity contribution in [2.75, 3.05) is 0 Å². The summed E-state index contributed by atoms with van der Waals surface area (Å²) in [6, 6.07) is 1.77. The number of hydrogen-bond donors (Lipinski definition) is 0. The quantitative estimate of drug-likeness (QED) is 0.727. The molecule has 1 unspecified atom stereocenters. The van der Waals surface area contributed by atoms with E-state index in [1.54, 1.807) is 19.2 Å². The molecule has 1 heterocycles. The molecule has 80 valence electrons. The third kappa shape index (κ3) is 1.97. The van der Waals surface area contributed by atoms with Crippen LogP contribution in [0.15, 0.2) is 12.3 Å². The first-order valence-corrected chi connectivity index (χ1v) is 5.43. The lowest BCUT2D eigenvalue weighted by Crippen LogP contribution is -2.08. The molecule has 0 amide bonds.